The lowest BCUT2D eigenvalue weighted by Crippen LogP contribution is -2.15. The molecule has 15 heavy (non-hydrogen) atoms. The molecule has 1 aliphatic carbocycles. The molecule has 0 spiro atoms. The van der Waals surface area contributed by atoms with E-state index in [2.05, 4.69) is 17.2 Å². The van der Waals surface area contributed by atoms with Gasteiger partial charge in [-0.1, -0.05) is 24.9 Å². The Morgan fingerprint density at radius 2 is 2.53 bits per heavy atom. The highest BCUT2D eigenvalue weighted by atomic mass is 35.5. The molecule has 0 radical (unpaired) electrons. The van der Waals surface area contributed by atoms with Crippen LogP contribution in [0.2, 0.25) is 5.02 Å². The van der Waals surface area contributed by atoms with Crippen molar-refractivity contribution < 1.29 is 4.79 Å². The topological polar surface area (TPSA) is 42.0 Å². The fourth-order valence-corrected chi connectivity index (χ4v) is 1.87. The molecule has 80 valence electrons. The molecule has 1 aromatic heterocycles. The third kappa shape index (κ3) is 2.48. The maximum atomic E-state index is 11.7. The van der Waals surface area contributed by atoms with Crippen molar-refractivity contribution in [1.29, 1.82) is 0 Å². The predicted molar refractivity (Wildman–Crippen MR) is 59.8 cm³/mol. The second-order valence-corrected chi connectivity index (χ2v) is 4.30. The average Bonchev–Trinajstić information content (AvgIpc) is 2.96. The highest BCUT2D eigenvalue weighted by molar-refractivity contribution is 6.30. The van der Waals surface area contributed by atoms with Crippen molar-refractivity contribution in [3.63, 3.8) is 0 Å². The number of carbonyl (C=O) groups excluding carboxylic acids is 1. The molecular formula is C11H13ClN2O. The molecule has 1 aromatic rings. The van der Waals surface area contributed by atoms with Crippen LogP contribution in [0.3, 0.4) is 0 Å². The largest absolute Gasteiger partial charge is 0.310 e. The van der Waals surface area contributed by atoms with E-state index in [1.54, 1.807) is 18.3 Å². The summed E-state index contributed by atoms with van der Waals surface area (Å²) in [5, 5.41) is 3.36. The minimum absolute atomic E-state index is 0.0663. The van der Waals surface area contributed by atoms with Gasteiger partial charge in [0.05, 0.1) is 0 Å². The van der Waals surface area contributed by atoms with Gasteiger partial charge in [0.1, 0.15) is 5.82 Å². The molecule has 2 atom stereocenters. The van der Waals surface area contributed by atoms with Crippen LogP contribution in [0.4, 0.5) is 5.82 Å². The SMILES string of the molecule is CCC1CC1C(=O)Nc1cc(Cl)ccn1. The molecule has 1 heterocycles. The molecule has 0 bridgehead atoms. The zero-order valence-corrected chi connectivity index (χ0v) is 9.29. The Morgan fingerprint density at radius 1 is 1.73 bits per heavy atom. The number of nitrogens with one attached hydrogen (secondary N) is 1. The third-order valence-corrected chi connectivity index (χ3v) is 2.99. The van der Waals surface area contributed by atoms with Gasteiger partial charge >= 0.3 is 0 Å². The summed E-state index contributed by atoms with van der Waals surface area (Å²) < 4.78 is 0. The summed E-state index contributed by atoms with van der Waals surface area (Å²) in [6.07, 6.45) is 3.66. The molecule has 1 N–H and O–H groups in total. The average molecular weight is 225 g/mol. The van der Waals surface area contributed by atoms with Crippen molar-refractivity contribution >= 4 is 23.3 Å². The number of hydrogen-bond acceptors (Lipinski definition) is 2. The monoisotopic (exact) mass is 224 g/mol. The number of rotatable bonds is 3. The summed E-state index contributed by atoms with van der Waals surface area (Å²) in [7, 11) is 0. The summed E-state index contributed by atoms with van der Waals surface area (Å²) in [4.78, 5) is 15.7. The molecule has 0 aliphatic heterocycles. The lowest BCUT2D eigenvalue weighted by atomic mass is 10.2. The van der Waals surface area contributed by atoms with E-state index < -0.39 is 0 Å². The van der Waals surface area contributed by atoms with E-state index in [1.807, 2.05) is 0 Å². The van der Waals surface area contributed by atoms with E-state index in [0.717, 1.165) is 12.8 Å². The number of halogens is 1. The van der Waals surface area contributed by atoms with Crippen LogP contribution in [-0.2, 0) is 4.79 Å². The van der Waals surface area contributed by atoms with Crippen LogP contribution in [0.15, 0.2) is 18.3 Å². The number of aromatic nitrogens is 1. The van der Waals surface area contributed by atoms with Crippen LogP contribution in [0, 0.1) is 11.8 Å². The molecule has 2 rings (SSSR count). The Hall–Kier alpha value is -1.09. The Bertz CT molecular complexity index is 381. The van der Waals surface area contributed by atoms with Crippen LogP contribution < -0.4 is 5.32 Å². The van der Waals surface area contributed by atoms with Gasteiger partial charge in [-0.25, -0.2) is 4.98 Å². The number of amides is 1. The molecule has 3 nitrogen and oxygen atoms in total. The van der Waals surface area contributed by atoms with Crippen molar-refractivity contribution in [1.82, 2.24) is 4.98 Å². The lowest BCUT2D eigenvalue weighted by Gasteiger charge is -2.03. The lowest BCUT2D eigenvalue weighted by molar-refractivity contribution is -0.117. The first-order valence-electron chi connectivity index (χ1n) is 5.13. The van der Waals surface area contributed by atoms with Crippen LogP contribution in [0.5, 0.6) is 0 Å². The Morgan fingerprint density at radius 3 is 3.13 bits per heavy atom. The van der Waals surface area contributed by atoms with E-state index >= 15 is 0 Å². The van der Waals surface area contributed by atoms with E-state index in [-0.39, 0.29) is 11.8 Å². The molecule has 0 aromatic carbocycles. The van der Waals surface area contributed by atoms with Crippen molar-refractivity contribution in [3.8, 4) is 0 Å². The molecule has 1 amide bonds. The minimum Gasteiger partial charge on any atom is -0.310 e. The first kappa shape index (κ1) is 10.4. The molecule has 2 unspecified atom stereocenters. The second kappa shape index (κ2) is 4.19. The summed E-state index contributed by atoms with van der Waals surface area (Å²) in [5.41, 5.74) is 0. The summed E-state index contributed by atoms with van der Waals surface area (Å²) >= 11 is 5.79. The van der Waals surface area contributed by atoms with Gasteiger partial charge in [0, 0.05) is 17.1 Å². The highest BCUT2D eigenvalue weighted by Crippen LogP contribution is 2.41. The van der Waals surface area contributed by atoms with Crippen LogP contribution in [0.1, 0.15) is 19.8 Å². The fraction of sp³-hybridized carbons (Fsp3) is 0.455. The summed E-state index contributed by atoms with van der Waals surface area (Å²) in [6.45, 7) is 2.11. The van der Waals surface area contributed by atoms with Crippen molar-refractivity contribution in [2.45, 2.75) is 19.8 Å². The van der Waals surface area contributed by atoms with Gasteiger partial charge in [-0.15, -0.1) is 0 Å². The van der Waals surface area contributed by atoms with Crippen LogP contribution >= 0.6 is 11.6 Å². The normalized spacial score (nSPS) is 23.6. The zero-order valence-electron chi connectivity index (χ0n) is 8.53. The Kier molecular flexibility index (Phi) is 2.91. The molecule has 0 saturated heterocycles. The van der Waals surface area contributed by atoms with Crippen LogP contribution in [-0.4, -0.2) is 10.9 Å². The van der Waals surface area contributed by atoms with Gasteiger partial charge in [0.25, 0.3) is 0 Å². The fourth-order valence-electron chi connectivity index (χ4n) is 1.71. The molecule has 4 heteroatoms. The van der Waals surface area contributed by atoms with Crippen LogP contribution in [0.25, 0.3) is 0 Å². The Balaban J connectivity index is 1.95. The first-order valence-corrected chi connectivity index (χ1v) is 5.51. The van der Waals surface area contributed by atoms with Crippen molar-refractivity contribution in [2.24, 2.45) is 11.8 Å². The third-order valence-electron chi connectivity index (χ3n) is 2.76. The van der Waals surface area contributed by atoms with E-state index in [1.165, 1.54) is 0 Å². The molecule has 1 fully saturated rings. The van der Waals surface area contributed by atoms with Crippen molar-refractivity contribution in [2.75, 3.05) is 5.32 Å². The van der Waals surface area contributed by atoms with E-state index in [0.29, 0.717) is 16.8 Å². The number of carbonyl (C=O) groups is 1. The zero-order chi connectivity index (χ0) is 10.8. The first-order chi connectivity index (χ1) is 7.20. The molecule has 1 aliphatic rings. The molecular weight excluding hydrogens is 212 g/mol. The maximum absolute atomic E-state index is 11.7. The standard InChI is InChI=1S/C11H13ClN2O/c1-2-7-5-9(7)11(15)14-10-6-8(12)3-4-13-10/h3-4,6-7,9H,2,5H2,1H3,(H,13,14,15). The summed E-state index contributed by atoms with van der Waals surface area (Å²) in [5.74, 6) is 1.34. The van der Waals surface area contributed by atoms with Gasteiger partial charge in [0.2, 0.25) is 5.91 Å². The smallest absolute Gasteiger partial charge is 0.228 e. The quantitative estimate of drug-likeness (QED) is 0.858. The predicted octanol–water partition coefficient (Wildman–Crippen LogP) is 2.72. The Labute approximate surface area is 93.8 Å². The number of hydrogen-bond donors (Lipinski definition) is 1. The van der Waals surface area contributed by atoms with Gasteiger partial charge in [-0.05, 0) is 24.5 Å². The minimum atomic E-state index is 0.0663. The van der Waals surface area contributed by atoms with E-state index in [4.69, 9.17) is 11.6 Å². The second-order valence-electron chi connectivity index (χ2n) is 3.86. The number of pyridine rings is 1. The highest BCUT2D eigenvalue weighted by Gasteiger charge is 2.41. The van der Waals surface area contributed by atoms with Gasteiger partial charge in [-0.2, -0.15) is 0 Å². The van der Waals surface area contributed by atoms with Gasteiger partial charge in [-0.3, -0.25) is 4.79 Å². The molecule has 1 saturated carbocycles. The maximum Gasteiger partial charge on any atom is 0.228 e. The van der Waals surface area contributed by atoms with Gasteiger partial charge in [0.15, 0.2) is 0 Å². The van der Waals surface area contributed by atoms with Crippen molar-refractivity contribution in [3.05, 3.63) is 23.4 Å². The van der Waals surface area contributed by atoms with E-state index in [9.17, 15) is 4.79 Å². The van der Waals surface area contributed by atoms with Gasteiger partial charge < -0.3 is 5.32 Å². The number of nitrogens with zero attached hydrogens (tertiary/aromatic N) is 1. The number of anilines is 1. The summed E-state index contributed by atoms with van der Waals surface area (Å²) in [6, 6.07) is 3.34.